The molecule has 1 aromatic rings. The summed E-state index contributed by atoms with van der Waals surface area (Å²) in [5.74, 6) is 0.239. The Labute approximate surface area is 106 Å². The summed E-state index contributed by atoms with van der Waals surface area (Å²) < 4.78 is 27.9. The van der Waals surface area contributed by atoms with E-state index < -0.39 is 10.0 Å². The van der Waals surface area contributed by atoms with Gasteiger partial charge < -0.3 is 0 Å². The molecule has 0 amide bonds. The van der Waals surface area contributed by atoms with Crippen LogP contribution in [-0.4, -0.2) is 30.1 Å². The van der Waals surface area contributed by atoms with Crippen molar-refractivity contribution in [2.24, 2.45) is 13.0 Å². The van der Waals surface area contributed by atoms with Crippen molar-refractivity contribution in [1.82, 2.24) is 14.5 Å². The maximum Gasteiger partial charge on any atom is 0.243 e. The van der Waals surface area contributed by atoms with Crippen molar-refractivity contribution in [3.8, 4) is 0 Å². The highest BCUT2D eigenvalue weighted by Crippen LogP contribution is 2.29. The van der Waals surface area contributed by atoms with Crippen molar-refractivity contribution < 1.29 is 8.42 Å². The van der Waals surface area contributed by atoms with Crippen molar-refractivity contribution in [2.75, 3.05) is 6.54 Å². The van der Waals surface area contributed by atoms with Crippen molar-refractivity contribution >= 4 is 21.6 Å². The molecule has 0 radical (unpaired) electrons. The Kier molecular flexibility index (Phi) is 3.75. The minimum Gasteiger partial charge on any atom is -0.274 e. The highest BCUT2D eigenvalue weighted by Gasteiger charge is 2.27. The number of hydrogen-bond donors (Lipinski definition) is 1. The minimum absolute atomic E-state index is 0.0894. The quantitative estimate of drug-likeness (QED) is 0.839. The summed E-state index contributed by atoms with van der Waals surface area (Å²) in [6.07, 6.45) is 5.86. The molecule has 1 heterocycles. The zero-order valence-electron chi connectivity index (χ0n) is 9.63. The molecular formula is C10H16ClN3O2S. The Morgan fingerprint density at radius 1 is 1.59 bits per heavy atom. The molecule has 1 aliphatic carbocycles. The number of nitrogens with zero attached hydrogens (tertiary/aromatic N) is 2. The molecule has 0 bridgehead atoms. The predicted molar refractivity (Wildman–Crippen MR) is 65.4 cm³/mol. The Morgan fingerprint density at radius 2 is 2.35 bits per heavy atom. The van der Waals surface area contributed by atoms with Crippen LogP contribution in [0.2, 0.25) is 0 Å². The van der Waals surface area contributed by atoms with Crippen LogP contribution in [0.5, 0.6) is 0 Å². The van der Waals surface area contributed by atoms with Gasteiger partial charge in [-0.05, 0) is 18.8 Å². The standard InChI is InChI=1S/C10H16ClN3O2S/c1-14-7-9(6-12-14)17(15,16)13-5-8-3-2-4-10(8)11/h6-8,10,13H,2-5H2,1H3. The fourth-order valence-electron chi connectivity index (χ4n) is 2.06. The Morgan fingerprint density at radius 3 is 2.88 bits per heavy atom. The number of sulfonamides is 1. The number of rotatable bonds is 4. The molecule has 2 atom stereocenters. The summed E-state index contributed by atoms with van der Waals surface area (Å²) in [6.45, 7) is 0.408. The number of halogens is 1. The van der Waals surface area contributed by atoms with Crippen LogP contribution in [0.25, 0.3) is 0 Å². The molecule has 0 saturated heterocycles. The fraction of sp³-hybridized carbons (Fsp3) is 0.700. The van der Waals surface area contributed by atoms with Crippen LogP contribution in [0.4, 0.5) is 0 Å². The second-order valence-corrected chi connectivity index (χ2v) is 6.74. The summed E-state index contributed by atoms with van der Waals surface area (Å²) in [5.41, 5.74) is 0. The van der Waals surface area contributed by atoms with E-state index in [-0.39, 0.29) is 16.2 Å². The lowest BCUT2D eigenvalue weighted by atomic mass is 10.1. The Bertz CT molecular complexity index is 485. The summed E-state index contributed by atoms with van der Waals surface area (Å²) in [5, 5.41) is 3.94. The zero-order chi connectivity index (χ0) is 12.5. The van der Waals surface area contributed by atoms with Crippen LogP contribution in [0.1, 0.15) is 19.3 Å². The van der Waals surface area contributed by atoms with Gasteiger partial charge in [0.05, 0.1) is 6.20 Å². The first-order chi connectivity index (χ1) is 7.99. The van der Waals surface area contributed by atoms with Crippen LogP contribution in [0.3, 0.4) is 0 Å². The molecule has 0 aromatic carbocycles. The van der Waals surface area contributed by atoms with Crippen LogP contribution >= 0.6 is 11.6 Å². The highest BCUT2D eigenvalue weighted by atomic mass is 35.5. The predicted octanol–water partition coefficient (Wildman–Crippen LogP) is 1.11. The van der Waals surface area contributed by atoms with E-state index in [9.17, 15) is 8.42 Å². The second kappa shape index (κ2) is 4.96. The van der Waals surface area contributed by atoms with E-state index >= 15 is 0 Å². The monoisotopic (exact) mass is 277 g/mol. The molecule has 17 heavy (non-hydrogen) atoms. The maximum atomic E-state index is 11.9. The molecule has 0 aliphatic heterocycles. The molecule has 96 valence electrons. The number of aryl methyl sites for hydroxylation is 1. The van der Waals surface area contributed by atoms with Gasteiger partial charge in [0.1, 0.15) is 4.90 Å². The van der Waals surface area contributed by atoms with Gasteiger partial charge in [-0.25, -0.2) is 13.1 Å². The van der Waals surface area contributed by atoms with Crippen molar-refractivity contribution in [2.45, 2.75) is 29.5 Å². The maximum absolute atomic E-state index is 11.9. The first-order valence-electron chi connectivity index (χ1n) is 5.61. The molecule has 2 unspecified atom stereocenters. The van der Waals surface area contributed by atoms with E-state index in [1.807, 2.05) is 0 Å². The van der Waals surface area contributed by atoms with E-state index in [1.165, 1.54) is 17.1 Å². The van der Waals surface area contributed by atoms with Crippen LogP contribution in [0, 0.1) is 5.92 Å². The normalized spacial score (nSPS) is 25.3. The second-order valence-electron chi connectivity index (χ2n) is 4.41. The topological polar surface area (TPSA) is 64.0 Å². The molecule has 1 saturated carbocycles. The SMILES string of the molecule is Cn1cc(S(=O)(=O)NCC2CCCC2Cl)cn1. The van der Waals surface area contributed by atoms with Gasteiger partial charge in [-0.3, -0.25) is 4.68 Å². The van der Waals surface area contributed by atoms with E-state index in [0.717, 1.165) is 19.3 Å². The third kappa shape index (κ3) is 3.00. The van der Waals surface area contributed by atoms with E-state index in [0.29, 0.717) is 6.54 Å². The first kappa shape index (κ1) is 12.9. The first-order valence-corrected chi connectivity index (χ1v) is 7.53. The smallest absolute Gasteiger partial charge is 0.243 e. The van der Waals surface area contributed by atoms with Gasteiger partial charge >= 0.3 is 0 Å². The van der Waals surface area contributed by atoms with Crippen molar-refractivity contribution in [3.63, 3.8) is 0 Å². The molecular weight excluding hydrogens is 262 g/mol. The summed E-state index contributed by atoms with van der Waals surface area (Å²) in [6, 6.07) is 0. The van der Waals surface area contributed by atoms with Gasteiger partial charge in [-0.2, -0.15) is 5.10 Å². The molecule has 1 N–H and O–H groups in total. The van der Waals surface area contributed by atoms with Gasteiger partial charge in [0.15, 0.2) is 0 Å². The van der Waals surface area contributed by atoms with Crippen LogP contribution in [0.15, 0.2) is 17.3 Å². The average molecular weight is 278 g/mol. The van der Waals surface area contributed by atoms with E-state index in [2.05, 4.69) is 9.82 Å². The average Bonchev–Trinajstić information content (AvgIpc) is 2.85. The van der Waals surface area contributed by atoms with Gasteiger partial charge in [0.25, 0.3) is 0 Å². The summed E-state index contributed by atoms with van der Waals surface area (Å²) >= 11 is 6.11. The minimum atomic E-state index is -3.44. The van der Waals surface area contributed by atoms with Gasteiger partial charge in [0.2, 0.25) is 10.0 Å². The molecule has 0 spiro atoms. The van der Waals surface area contributed by atoms with Crippen LogP contribution < -0.4 is 4.72 Å². The molecule has 1 fully saturated rings. The van der Waals surface area contributed by atoms with Gasteiger partial charge in [-0.1, -0.05) is 6.42 Å². The molecule has 2 rings (SSSR count). The van der Waals surface area contributed by atoms with E-state index in [4.69, 9.17) is 11.6 Å². The fourth-order valence-corrected chi connectivity index (χ4v) is 3.51. The number of nitrogens with one attached hydrogen (secondary N) is 1. The van der Waals surface area contributed by atoms with Crippen molar-refractivity contribution in [1.29, 1.82) is 0 Å². The number of aromatic nitrogens is 2. The van der Waals surface area contributed by atoms with E-state index in [1.54, 1.807) is 7.05 Å². The van der Waals surface area contributed by atoms with Crippen LogP contribution in [-0.2, 0) is 17.1 Å². The third-order valence-electron chi connectivity index (χ3n) is 3.09. The number of hydrogen-bond acceptors (Lipinski definition) is 3. The van der Waals surface area contributed by atoms with Crippen molar-refractivity contribution in [3.05, 3.63) is 12.4 Å². The Hall–Kier alpha value is -0.590. The zero-order valence-corrected chi connectivity index (χ0v) is 11.2. The molecule has 1 aliphatic rings. The lowest BCUT2D eigenvalue weighted by Gasteiger charge is -2.13. The third-order valence-corrected chi connectivity index (χ3v) is 5.05. The van der Waals surface area contributed by atoms with Gasteiger partial charge in [0, 0.05) is 25.2 Å². The van der Waals surface area contributed by atoms with Gasteiger partial charge in [-0.15, -0.1) is 11.6 Å². The molecule has 7 heteroatoms. The molecule has 1 aromatic heterocycles. The lowest BCUT2D eigenvalue weighted by Crippen LogP contribution is -2.31. The highest BCUT2D eigenvalue weighted by molar-refractivity contribution is 7.89. The lowest BCUT2D eigenvalue weighted by molar-refractivity contribution is 0.523. The largest absolute Gasteiger partial charge is 0.274 e. The summed E-state index contributed by atoms with van der Waals surface area (Å²) in [4.78, 5) is 0.198. The number of alkyl halides is 1. The molecule has 5 nitrogen and oxygen atoms in total. The summed E-state index contributed by atoms with van der Waals surface area (Å²) in [7, 11) is -1.76. The Balaban J connectivity index is 1.98.